The zero-order valence-electron chi connectivity index (χ0n) is 15.6. The first-order chi connectivity index (χ1) is 12.6. The maximum Gasteiger partial charge on any atom is 0.321 e. The number of methoxy groups -OCH3 is 1. The summed E-state index contributed by atoms with van der Waals surface area (Å²) in [6.07, 6.45) is 0. The molecule has 0 aromatic heterocycles. The Morgan fingerprint density at radius 2 is 1.58 bits per heavy atom. The molecule has 3 rings (SSSR count). The van der Waals surface area contributed by atoms with Crippen molar-refractivity contribution in [3.05, 3.63) is 48.5 Å². The summed E-state index contributed by atoms with van der Waals surface area (Å²) in [6, 6.07) is 15.8. The van der Waals surface area contributed by atoms with Gasteiger partial charge in [0.25, 0.3) is 0 Å². The van der Waals surface area contributed by atoms with Gasteiger partial charge >= 0.3 is 6.03 Å². The highest BCUT2D eigenvalue weighted by molar-refractivity contribution is 5.89. The lowest BCUT2D eigenvalue weighted by Crippen LogP contribution is -2.50. The van der Waals surface area contributed by atoms with Gasteiger partial charge in [-0.1, -0.05) is 0 Å². The normalized spacial score (nSPS) is 14.1. The number of urea groups is 1. The van der Waals surface area contributed by atoms with Crippen molar-refractivity contribution in [3.63, 3.8) is 0 Å². The van der Waals surface area contributed by atoms with Crippen LogP contribution in [0.3, 0.4) is 0 Å². The van der Waals surface area contributed by atoms with Crippen LogP contribution in [-0.4, -0.2) is 58.3 Å². The molecule has 0 atom stereocenters. The molecule has 2 aromatic rings. The average Bonchev–Trinajstić information content (AvgIpc) is 2.69. The Balaban J connectivity index is 1.53. The number of rotatable bonds is 4. The number of ether oxygens (including phenoxy) is 1. The van der Waals surface area contributed by atoms with E-state index in [9.17, 15) is 4.79 Å². The van der Waals surface area contributed by atoms with Gasteiger partial charge in [-0.05, 0) is 48.5 Å². The van der Waals surface area contributed by atoms with Crippen LogP contribution in [-0.2, 0) is 0 Å². The van der Waals surface area contributed by atoms with Gasteiger partial charge in [-0.3, -0.25) is 0 Å². The predicted molar refractivity (Wildman–Crippen MR) is 107 cm³/mol. The monoisotopic (exact) mass is 354 g/mol. The molecule has 0 spiro atoms. The topological polar surface area (TPSA) is 48.1 Å². The van der Waals surface area contributed by atoms with E-state index in [4.69, 9.17) is 4.74 Å². The number of hydrogen-bond donors (Lipinski definition) is 1. The molecule has 1 aliphatic heterocycles. The lowest BCUT2D eigenvalue weighted by molar-refractivity contribution is 0.208. The molecule has 2 aromatic carbocycles. The minimum Gasteiger partial charge on any atom is -0.497 e. The summed E-state index contributed by atoms with van der Waals surface area (Å²) in [5, 5.41) is 2.94. The summed E-state index contributed by atoms with van der Waals surface area (Å²) in [5.41, 5.74) is 3.16. The number of amides is 2. The predicted octanol–water partition coefficient (Wildman–Crippen LogP) is 3.12. The number of hydrogen-bond acceptors (Lipinski definition) is 4. The number of anilines is 3. The largest absolute Gasteiger partial charge is 0.497 e. The smallest absolute Gasteiger partial charge is 0.321 e. The summed E-state index contributed by atoms with van der Waals surface area (Å²) >= 11 is 0. The van der Waals surface area contributed by atoms with Crippen molar-refractivity contribution in [2.45, 2.75) is 0 Å². The Hall–Kier alpha value is -2.89. The highest BCUT2D eigenvalue weighted by Crippen LogP contribution is 2.21. The zero-order chi connectivity index (χ0) is 18.5. The van der Waals surface area contributed by atoms with Crippen molar-refractivity contribution in [2.75, 3.05) is 62.5 Å². The molecular weight excluding hydrogens is 328 g/mol. The van der Waals surface area contributed by atoms with Crippen molar-refractivity contribution in [3.8, 4) is 5.75 Å². The van der Waals surface area contributed by atoms with Crippen LogP contribution in [0, 0.1) is 0 Å². The van der Waals surface area contributed by atoms with Crippen LogP contribution in [0.5, 0.6) is 5.75 Å². The molecule has 0 aliphatic carbocycles. The van der Waals surface area contributed by atoms with Crippen LogP contribution in [0.15, 0.2) is 48.5 Å². The van der Waals surface area contributed by atoms with Gasteiger partial charge < -0.3 is 24.8 Å². The van der Waals surface area contributed by atoms with Gasteiger partial charge in [-0.15, -0.1) is 0 Å². The van der Waals surface area contributed by atoms with Gasteiger partial charge in [0, 0.05) is 57.3 Å². The Labute approximate surface area is 155 Å². The quantitative estimate of drug-likeness (QED) is 0.916. The first kappa shape index (κ1) is 17.9. The standard InChI is InChI=1S/C20H26N4O2/c1-22(2)17-6-8-18(9-7-17)23-12-14-24(15-13-23)20(25)21-16-4-10-19(26-3)11-5-16/h4-11H,12-15H2,1-3H3,(H,21,25). The van der Waals surface area contributed by atoms with Gasteiger partial charge in [0.05, 0.1) is 7.11 Å². The SMILES string of the molecule is COc1ccc(NC(=O)N2CCN(c3ccc(N(C)C)cc3)CC2)cc1. The van der Waals surface area contributed by atoms with Crippen LogP contribution in [0.1, 0.15) is 0 Å². The van der Waals surface area contributed by atoms with E-state index in [1.165, 1.54) is 11.4 Å². The molecule has 0 unspecified atom stereocenters. The fraction of sp³-hybridized carbons (Fsp3) is 0.350. The molecule has 1 heterocycles. The Kier molecular flexibility index (Phi) is 5.51. The van der Waals surface area contributed by atoms with E-state index in [0.717, 1.165) is 24.5 Å². The Bertz CT molecular complexity index is 720. The number of nitrogens with zero attached hydrogens (tertiary/aromatic N) is 3. The maximum atomic E-state index is 12.4. The lowest BCUT2D eigenvalue weighted by Gasteiger charge is -2.36. The Morgan fingerprint density at radius 3 is 2.12 bits per heavy atom. The van der Waals surface area contributed by atoms with E-state index in [1.807, 2.05) is 43.3 Å². The molecule has 1 N–H and O–H groups in total. The second kappa shape index (κ2) is 7.99. The van der Waals surface area contributed by atoms with E-state index >= 15 is 0 Å². The average molecular weight is 354 g/mol. The molecule has 1 fully saturated rings. The van der Waals surface area contributed by atoms with Crippen LogP contribution >= 0.6 is 0 Å². The number of piperazine rings is 1. The van der Waals surface area contributed by atoms with Gasteiger partial charge in [0.15, 0.2) is 0 Å². The fourth-order valence-electron chi connectivity index (χ4n) is 3.01. The molecule has 6 nitrogen and oxygen atoms in total. The zero-order valence-corrected chi connectivity index (χ0v) is 15.6. The van der Waals surface area contributed by atoms with Gasteiger partial charge in [0.2, 0.25) is 0 Å². The van der Waals surface area contributed by atoms with E-state index in [0.29, 0.717) is 13.1 Å². The van der Waals surface area contributed by atoms with E-state index in [2.05, 4.69) is 39.4 Å². The van der Waals surface area contributed by atoms with Crippen LogP contribution < -0.4 is 19.9 Å². The fourth-order valence-corrected chi connectivity index (χ4v) is 3.01. The summed E-state index contributed by atoms with van der Waals surface area (Å²) in [7, 11) is 5.70. The molecule has 0 saturated carbocycles. The summed E-state index contributed by atoms with van der Waals surface area (Å²) in [6.45, 7) is 3.07. The van der Waals surface area contributed by atoms with Gasteiger partial charge in [-0.2, -0.15) is 0 Å². The minimum absolute atomic E-state index is 0.0576. The van der Waals surface area contributed by atoms with Crippen LogP contribution in [0.25, 0.3) is 0 Å². The molecule has 138 valence electrons. The minimum atomic E-state index is -0.0576. The Morgan fingerprint density at radius 1 is 0.962 bits per heavy atom. The molecular formula is C20H26N4O2. The van der Waals surface area contributed by atoms with Crippen LogP contribution in [0.4, 0.5) is 21.9 Å². The number of nitrogens with one attached hydrogen (secondary N) is 1. The third-order valence-corrected chi connectivity index (χ3v) is 4.64. The van der Waals surface area contributed by atoms with Crippen molar-refractivity contribution in [1.82, 2.24) is 4.90 Å². The lowest BCUT2D eigenvalue weighted by atomic mass is 10.2. The van der Waals surface area contributed by atoms with Gasteiger partial charge in [0.1, 0.15) is 5.75 Å². The van der Waals surface area contributed by atoms with Gasteiger partial charge in [-0.25, -0.2) is 4.79 Å². The number of benzene rings is 2. The van der Waals surface area contributed by atoms with E-state index in [1.54, 1.807) is 7.11 Å². The first-order valence-electron chi connectivity index (χ1n) is 8.79. The summed E-state index contributed by atoms with van der Waals surface area (Å²) < 4.78 is 5.13. The van der Waals surface area contributed by atoms with Crippen molar-refractivity contribution >= 4 is 23.1 Å². The molecule has 0 bridgehead atoms. The molecule has 1 saturated heterocycles. The maximum absolute atomic E-state index is 12.4. The second-order valence-corrected chi connectivity index (χ2v) is 6.54. The third kappa shape index (κ3) is 4.20. The third-order valence-electron chi connectivity index (χ3n) is 4.64. The highest BCUT2D eigenvalue weighted by Gasteiger charge is 2.21. The number of carbonyl (C=O) groups is 1. The van der Waals surface area contributed by atoms with Crippen molar-refractivity contribution in [1.29, 1.82) is 0 Å². The molecule has 26 heavy (non-hydrogen) atoms. The van der Waals surface area contributed by atoms with Crippen molar-refractivity contribution < 1.29 is 9.53 Å². The second-order valence-electron chi connectivity index (χ2n) is 6.54. The highest BCUT2D eigenvalue weighted by atomic mass is 16.5. The van der Waals surface area contributed by atoms with E-state index < -0.39 is 0 Å². The first-order valence-corrected chi connectivity index (χ1v) is 8.79. The molecule has 6 heteroatoms. The summed E-state index contributed by atoms with van der Waals surface area (Å²) in [5.74, 6) is 0.775. The summed E-state index contributed by atoms with van der Waals surface area (Å²) in [4.78, 5) is 18.7. The molecule has 1 aliphatic rings. The van der Waals surface area contributed by atoms with Crippen LogP contribution in [0.2, 0.25) is 0 Å². The molecule has 0 radical (unpaired) electrons. The van der Waals surface area contributed by atoms with E-state index in [-0.39, 0.29) is 6.03 Å². The van der Waals surface area contributed by atoms with Crippen molar-refractivity contribution in [2.24, 2.45) is 0 Å². The molecule has 2 amide bonds. The number of carbonyl (C=O) groups excluding carboxylic acids is 1.